The van der Waals surface area contributed by atoms with E-state index in [2.05, 4.69) is 36.0 Å². The summed E-state index contributed by atoms with van der Waals surface area (Å²) in [6, 6.07) is 5.29. The van der Waals surface area contributed by atoms with Crippen LogP contribution in [-0.4, -0.2) is 52.9 Å². The number of hydrogen-bond acceptors (Lipinski definition) is 7. The second-order valence-corrected chi connectivity index (χ2v) is 7.58. The van der Waals surface area contributed by atoms with E-state index in [4.69, 9.17) is 0 Å². The molecule has 0 radical (unpaired) electrons. The van der Waals surface area contributed by atoms with Gasteiger partial charge in [0, 0.05) is 48.2 Å². The average Bonchev–Trinajstić information content (AvgIpc) is 3.40. The van der Waals surface area contributed by atoms with Gasteiger partial charge in [-0.15, -0.1) is 10.2 Å². The number of aromatic nitrogens is 7. The van der Waals surface area contributed by atoms with Gasteiger partial charge in [-0.3, -0.25) is 15.1 Å². The monoisotopic (exact) mass is 433 g/mol. The van der Waals surface area contributed by atoms with Crippen molar-refractivity contribution in [1.29, 1.82) is 0 Å². The molecular formula is C21H23N9O2. The fourth-order valence-electron chi connectivity index (χ4n) is 3.04. The third kappa shape index (κ3) is 4.77. The van der Waals surface area contributed by atoms with Gasteiger partial charge in [0.2, 0.25) is 0 Å². The molecular weight excluding hydrogens is 410 g/mol. The first-order valence-corrected chi connectivity index (χ1v) is 10.2. The molecule has 0 bridgehead atoms. The number of anilines is 1. The summed E-state index contributed by atoms with van der Waals surface area (Å²) in [5.74, 6) is 0.947. The number of nitrogens with zero attached hydrogens (tertiary/aromatic N) is 7. The standard InChI is InChI=1S/C21H23N9O2/c1-13(2)30-27-18(26-28-30)6-7-23-21(32)25-19-12-29-11-15(4-5-20(29)24-19)17-8-16(14(3)31)9-22-10-17/h4-5,8-13H,6-7H2,1-3H3,(H2,23,25,32). The zero-order valence-corrected chi connectivity index (χ0v) is 18.0. The molecule has 0 unspecified atom stereocenters. The summed E-state index contributed by atoms with van der Waals surface area (Å²) in [6.45, 7) is 5.81. The summed E-state index contributed by atoms with van der Waals surface area (Å²) in [6.07, 6.45) is 7.31. The van der Waals surface area contributed by atoms with Gasteiger partial charge in [-0.2, -0.15) is 4.80 Å². The van der Waals surface area contributed by atoms with Crippen molar-refractivity contribution >= 4 is 23.3 Å². The van der Waals surface area contributed by atoms with Crippen molar-refractivity contribution in [2.75, 3.05) is 11.9 Å². The van der Waals surface area contributed by atoms with E-state index in [1.807, 2.05) is 32.2 Å². The molecule has 2 N–H and O–H groups in total. The highest BCUT2D eigenvalue weighted by Crippen LogP contribution is 2.21. The Hall–Kier alpha value is -4.15. The zero-order chi connectivity index (χ0) is 22.7. The first-order chi connectivity index (χ1) is 15.4. The molecule has 0 aliphatic heterocycles. The first kappa shape index (κ1) is 21.1. The number of ketones is 1. The summed E-state index contributed by atoms with van der Waals surface area (Å²) >= 11 is 0. The smallest absolute Gasteiger partial charge is 0.320 e. The van der Waals surface area contributed by atoms with Crippen molar-refractivity contribution in [2.45, 2.75) is 33.2 Å². The van der Waals surface area contributed by atoms with Crippen molar-refractivity contribution in [3.8, 4) is 11.1 Å². The number of nitrogens with one attached hydrogen (secondary N) is 2. The first-order valence-electron chi connectivity index (χ1n) is 10.2. The van der Waals surface area contributed by atoms with Crippen molar-refractivity contribution in [2.24, 2.45) is 0 Å². The molecule has 0 saturated heterocycles. The number of Topliss-reactive ketones (excluding diaryl/α,β-unsaturated/α-hetero) is 1. The number of amides is 2. The Kier molecular flexibility index (Phi) is 5.88. The molecule has 0 aliphatic carbocycles. The lowest BCUT2D eigenvalue weighted by Gasteiger charge is -2.04. The molecule has 0 fully saturated rings. The van der Waals surface area contributed by atoms with Crippen LogP contribution in [-0.2, 0) is 6.42 Å². The Bertz CT molecular complexity index is 1280. The molecule has 0 spiro atoms. The number of rotatable bonds is 7. The van der Waals surface area contributed by atoms with E-state index in [1.54, 1.807) is 29.1 Å². The molecule has 4 aromatic heterocycles. The predicted molar refractivity (Wildman–Crippen MR) is 117 cm³/mol. The summed E-state index contributed by atoms with van der Waals surface area (Å²) in [5, 5.41) is 17.7. The van der Waals surface area contributed by atoms with E-state index < -0.39 is 0 Å². The Labute approximate surface area is 183 Å². The van der Waals surface area contributed by atoms with Crippen LogP contribution in [0.15, 0.2) is 43.0 Å². The molecule has 0 aromatic carbocycles. The predicted octanol–water partition coefficient (Wildman–Crippen LogP) is 2.53. The van der Waals surface area contributed by atoms with E-state index in [0.717, 1.165) is 11.1 Å². The lowest BCUT2D eigenvalue weighted by molar-refractivity contribution is 0.101. The minimum atomic E-state index is -0.372. The van der Waals surface area contributed by atoms with Gasteiger partial charge < -0.3 is 9.72 Å². The second-order valence-electron chi connectivity index (χ2n) is 7.58. The van der Waals surface area contributed by atoms with E-state index in [0.29, 0.717) is 35.8 Å². The van der Waals surface area contributed by atoms with Gasteiger partial charge >= 0.3 is 6.03 Å². The Morgan fingerprint density at radius 1 is 1.12 bits per heavy atom. The maximum absolute atomic E-state index is 12.2. The molecule has 0 aliphatic rings. The highest BCUT2D eigenvalue weighted by Gasteiger charge is 2.10. The molecule has 164 valence electrons. The SMILES string of the molecule is CC(=O)c1cncc(-c2ccc3nc(NC(=O)NCCc4nnn(C(C)C)n4)cn3c2)c1. The zero-order valence-electron chi connectivity index (χ0n) is 18.0. The number of urea groups is 1. The molecule has 4 rings (SSSR count). The molecule has 0 atom stereocenters. The molecule has 4 heterocycles. The van der Waals surface area contributed by atoms with E-state index in [-0.39, 0.29) is 17.9 Å². The third-order valence-corrected chi connectivity index (χ3v) is 4.74. The Morgan fingerprint density at radius 2 is 1.97 bits per heavy atom. The van der Waals surface area contributed by atoms with Crippen LogP contribution in [0.4, 0.5) is 10.6 Å². The maximum atomic E-state index is 12.2. The number of imidazole rings is 1. The summed E-state index contributed by atoms with van der Waals surface area (Å²) < 4.78 is 1.81. The largest absolute Gasteiger partial charge is 0.337 e. The van der Waals surface area contributed by atoms with Crippen LogP contribution in [0.25, 0.3) is 16.8 Å². The van der Waals surface area contributed by atoms with Gasteiger partial charge in [0.05, 0.1) is 12.2 Å². The number of pyridine rings is 2. The highest BCUT2D eigenvalue weighted by molar-refractivity contribution is 5.94. The van der Waals surface area contributed by atoms with E-state index in [9.17, 15) is 9.59 Å². The number of hydrogen-bond donors (Lipinski definition) is 2. The Morgan fingerprint density at radius 3 is 2.72 bits per heavy atom. The van der Waals surface area contributed by atoms with Gasteiger partial charge in [0.25, 0.3) is 0 Å². The second kappa shape index (κ2) is 8.92. The number of fused-ring (bicyclic) bond motifs is 1. The minimum absolute atomic E-state index is 0.0409. The number of carbonyl (C=O) groups is 2. The molecule has 0 saturated carbocycles. The fraction of sp³-hybridized carbons (Fsp3) is 0.286. The molecule has 11 heteroatoms. The van der Waals surface area contributed by atoms with Crippen LogP contribution in [0.2, 0.25) is 0 Å². The quantitative estimate of drug-likeness (QED) is 0.428. The Balaban J connectivity index is 1.38. The molecule has 32 heavy (non-hydrogen) atoms. The van der Waals surface area contributed by atoms with Gasteiger partial charge in [-0.25, -0.2) is 9.78 Å². The summed E-state index contributed by atoms with van der Waals surface area (Å²) in [7, 11) is 0. The number of tetrazole rings is 1. The summed E-state index contributed by atoms with van der Waals surface area (Å²) in [4.78, 5) is 33.9. The third-order valence-electron chi connectivity index (χ3n) is 4.74. The molecule has 2 amide bonds. The van der Waals surface area contributed by atoms with Gasteiger partial charge in [-0.1, -0.05) is 0 Å². The lowest BCUT2D eigenvalue weighted by Crippen LogP contribution is -2.30. The van der Waals surface area contributed by atoms with Crippen LogP contribution in [0.5, 0.6) is 0 Å². The molecule has 4 aromatic rings. The van der Waals surface area contributed by atoms with Crippen molar-refractivity contribution in [3.63, 3.8) is 0 Å². The fourth-order valence-corrected chi connectivity index (χ4v) is 3.04. The van der Waals surface area contributed by atoms with E-state index in [1.165, 1.54) is 11.7 Å². The normalized spacial score (nSPS) is 11.1. The van der Waals surface area contributed by atoms with Gasteiger partial charge in [-0.05, 0) is 44.2 Å². The van der Waals surface area contributed by atoms with Crippen LogP contribution >= 0.6 is 0 Å². The van der Waals surface area contributed by atoms with Crippen LogP contribution < -0.4 is 10.6 Å². The average molecular weight is 433 g/mol. The van der Waals surface area contributed by atoms with Gasteiger partial charge in [0.1, 0.15) is 5.65 Å². The van der Waals surface area contributed by atoms with Gasteiger partial charge in [0.15, 0.2) is 17.4 Å². The van der Waals surface area contributed by atoms with Crippen molar-refractivity contribution in [1.82, 2.24) is 39.9 Å². The highest BCUT2D eigenvalue weighted by atomic mass is 16.2. The minimum Gasteiger partial charge on any atom is -0.337 e. The van der Waals surface area contributed by atoms with Crippen LogP contribution in [0.3, 0.4) is 0 Å². The summed E-state index contributed by atoms with van der Waals surface area (Å²) in [5.41, 5.74) is 2.93. The van der Waals surface area contributed by atoms with Crippen molar-refractivity contribution in [3.05, 3.63) is 54.4 Å². The number of carbonyl (C=O) groups excluding carboxylic acids is 2. The van der Waals surface area contributed by atoms with Crippen molar-refractivity contribution < 1.29 is 9.59 Å². The maximum Gasteiger partial charge on any atom is 0.320 e. The van der Waals surface area contributed by atoms with E-state index >= 15 is 0 Å². The lowest BCUT2D eigenvalue weighted by atomic mass is 10.1. The van der Waals surface area contributed by atoms with Crippen LogP contribution in [0.1, 0.15) is 43.0 Å². The topological polar surface area (TPSA) is 132 Å². The molecule has 11 nitrogen and oxygen atoms in total. The van der Waals surface area contributed by atoms with Crippen LogP contribution in [0, 0.1) is 0 Å².